The van der Waals surface area contributed by atoms with Crippen LogP contribution in [0.3, 0.4) is 0 Å². The van der Waals surface area contributed by atoms with Crippen molar-refractivity contribution in [1.82, 2.24) is 10.2 Å². The highest BCUT2D eigenvalue weighted by molar-refractivity contribution is 6.30. The first kappa shape index (κ1) is 20.6. The number of hydrogen-bond donors (Lipinski definition) is 1. The third kappa shape index (κ3) is 5.63. The summed E-state index contributed by atoms with van der Waals surface area (Å²) in [5, 5.41) is 3.72. The van der Waals surface area contributed by atoms with Crippen molar-refractivity contribution >= 4 is 23.6 Å². The summed E-state index contributed by atoms with van der Waals surface area (Å²) in [4.78, 5) is 26.3. The van der Waals surface area contributed by atoms with Gasteiger partial charge in [0.1, 0.15) is 5.60 Å². The third-order valence-electron chi connectivity index (χ3n) is 4.52. The van der Waals surface area contributed by atoms with Crippen LogP contribution in [0, 0.1) is 5.92 Å². The fourth-order valence-corrected chi connectivity index (χ4v) is 3.12. The maximum Gasteiger partial charge on any atom is 0.410 e. The summed E-state index contributed by atoms with van der Waals surface area (Å²) < 4.78 is 5.38. The van der Waals surface area contributed by atoms with Crippen molar-refractivity contribution in [1.29, 1.82) is 0 Å². The first-order valence-electron chi connectivity index (χ1n) is 9.00. The molecule has 1 aliphatic heterocycles. The average molecular weight is 381 g/mol. The number of nitrogens with zero attached hydrogens (tertiary/aromatic N) is 1. The molecule has 5 nitrogen and oxygen atoms in total. The smallest absolute Gasteiger partial charge is 0.410 e. The predicted octanol–water partition coefficient (Wildman–Crippen LogP) is 3.99. The summed E-state index contributed by atoms with van der Waals surface area (Å²) in [6.07, 6.45) is 0.301. The third-order valence-corrected chi connectivity index (χ3v) is 4.76. The Balaban J connectivity index is 1.88. The topological polar surface area (TPSA) is 58.6 Å². The Kier molecular flexibility index (Phi) is 6.22. The van der Waals surface area contributed by atoms with Crippen LogP contribution in [0.5, 0.6) is 0 Å². The molecular weight excluding hydrogens is 352 g/mol. The number of halogens is 1. The van der Waals surface area contributed by atoms with Crippen molar-refractivity contribution in [3.8, 4) is 0 Å². The summed E-state index contributed by atoms with van der Waals surface area (Å²) in [5.41, 5.74) is 0.315. The van der Waals surface area contributed by atoms with Gasteiger partial charge in [0.05, 0.1) is 5.92 Å². The van der Waals surface area contributed by atoms with Gasteiger partial charge in [0.15, 0.2) is 0 Å². The van der Waals surface area contributed by atoms with Crippen LogP contribution in [0.25, 0.3) is 0 Å². The predicted molar refractivity (Wildman–Crippen MR) is 103 cm³/mol. The molecule has 1 fully saturated rings. The van der Waals surface area contributed by atoms with Crippen LogP contribution >= 0.6 is 11.6 Å². The quantitative estimate of drug-likeness (QED) is 0.859. The average Bonchev–Trinajstić information content (AvgIpc) is 3.01. The van der Waals surface area contributed by atoms with Crippen LogP contribution in [0.15, 0.2) is 24.3 Å². The van der Waals surface area contributed by atoms with Gasteiger partial charge in [-0.1, -0.05) is 37.6 Å². The first-order valence-corrected chi connectivity index (χ1v) is 9.37. The number of rotatable bonds is 4. The molecule has 2 amide bonds. The molecule has 1 saturated heterocycles. The first-order chi connectivity index (χ1) is 12.0. The van der Waals surface area contributed by atoms with E-state index in [1.165, 1.54) is 0 Å². The molecule has 0 bridgehead atoms. The van der Waals surface area contributed by atoms with Gasteiger partial charge in [0.2, 0.25) is 5.91 Å². The van der Waals surface area contributed by atoms with E-state index >= 15 is 0 Å². The Labute approximate surface area is 161 Å². The minimum Gasteiger partial charge on any atom is -0.444 e. The van der Waals surface area contributed by atoms with Crippen molar-refractivity contribution < 1.29 is 14.3 Å². The van der Waals surface area contributed by atoms with Crippen molar-refractivity contribution in [2.24, 2.45) is 5.92 Å². The van der Waals surface area contributed by atoms with E-state index in [9.17, 15) is 9.59 Å². The van der Waals surface area contributed by atoms with Crippen molar-refractivity contribution in [3.05, 3.63) is 34.9 Å². The SMILES string of the molecule is CC(C)(C)OC(=O)N1CCC(C(=O)NCC(C)(C)c2cccc(Cl)c2)C1. The minimum atomic E-state index is -0.529. The molecule has 144 valence electrons. The Morgan fingerprint density at radius 2 is 1.96 bits per heavy atom. The Morgan fingerprint density at radius 1 is 1.27 bits per heavy atom. The van der Waals surface area contributed by atoms with E-state index in [0.29, 0.717) is 31.1 Å². The Morgan fingerprint density at radius 3 is 2.58 bits per heavy atom. The van der Waals surface area contributed by atoms with Crippen LogP contribution in [0.1, 0.15) is 46.6 Å². The van der Waals surface area contributed by atoms with Crippen LogP contribution in [-0.2, 0) is 14.9 Å². The molecule has 1 heterocycles. The molecule has 0 radical (unpaired) electrons. The van der Waals surface area contributed by atoms with Gasteiger partial charge in [-0.2, -0.15) is 0 Å². The maximum absolute atomic E-state index is 12.5. The summed E-state index contributed by atoms with van der Waals surface area (Å²) in [6.45, 7) is 11.1. The standard InChI is InChI=1S/C20H29ClN2O3/c1-19(2,3)26-18(25)23-10-9-14(12-23)17(24)22-13-20(4,5)15-7-6-8-16(21)11-15/h6-8,11,14H,9-10,12-13H2,1-5H3,(H,22,24). The van der Waals surface area contributed by atoms with Gasteiger partial charge in [-0.15, -0.1) is 0 Å². The molecule has 1 atom stereocenters. The maximum atomic E-state index is 12.5. The van der Waals surface area contributed by atoms with Gasteiger partial charge in [0.25, 0.3) is 0 Å². The second kappa shape index (κ2) is 7.87. The highest BCUT2D eigenvalue weighted by atomic mass is 35.5. The molecule has 0 aliphatic carbocycles. The number of ether oxygens (including phenoxy) is 1. The molecule has 1 aromatic rings. The number of benzene rings is 1. The molecule has 1 N–H and O–H groups in total. The number of carbonyl (C=O) groups is 2. The van der Waals surface area contributed by atoms with Crippen molar-refractivity contribution in [2.75, 3.05) is 19.6 Å². The van der Waals surface area contributed by atoms with E-state index in [2.05, 4.69) is 19.2 Å². The van der Waals surface area contributed by atoms with Crippen LogP contribution in [0.4, 0.5) is 4.79 Å². The fraction of sp³-hybridized carbons (Fsp3) is 0.600. The lowest BCUT2D eigenvalue weighted by Gasteiger charge is -2.27. The Bertz CT molecular complexity index is 667. The van der Waals surface area contributed by atoms with Crippen LogP contribution in [-0.4, -0.2) is 42.1 Å². The lowest BCUT2D eigenvalue weighted by atomic mass is 9.84. The van der Waals surface area contributed by atoms with E-state index < -0.39 is 5.60 Å². The van der Waals surface area contributed by atoms with Gasteiger partial charge in [0, 0.05) is 30.1 Å². The van der Waals surface area contributed by atoms with E-state index in [0.717, 1.165) is 5.56 Å². The second-order valence-corrected chi connectivity index (χ2v) is 8.96. The molecule has 2 rings (SSSR count). The number of hydrogen-bond acceptors (Lipinski definition) is 3. The zero-order valence-corrected chi connectivity index (χ0v) is 17.0. The summed E-state index contributed by atoms with van der Waals surface area (Å²) in [6, 6.07) is 7.69. The molecule has 1 aliphatic rings. The van der Waals surface area contributed by atoms with Gasteiger partial charge in [-0.25, -0.2) is 4.79 Å². The fourth-order valence-electron chi connectivity index (χ4n) is 2.93. The number of nitrogens with one attached hydrogen (secondary N) is 1. The lowest BCUT2D eigenvalue weighted by Crippen LogP contribution is -2.41. The Hall–Kier alpha value is -1.75. The van der Waals surface area contributed by atoms with Gasteiger partial charge in [-0.05, 0) is 44.9 Å². The van der Waals surface area contributed by atoms with E-state index in [1.54, 1.807) is 4.90 Å². The minimum absolute atomic E-state index is 0.0221. The summed E-state index contributed by atoms with van der Waals surface area (Å²) >= 11 is 6.07. The van der Waals surface area contributed by atoms with Crippen LogP contribution in [0.2, 0.25) is 5.02 Å². The van der Waals surface area contributed by atoms with Crippen molar-refractivity contribution in [3.63, 3.8) is 0 Å². The second-order valence-electron chi connectivity index (χ2n) is 8.52. The number of carbonyl (C=O) groups excluding carboxylic acids is 2. The summed E-state index contributed by atoms with van der Waals surface area (Å²) in [7, 11) is 0. The summed E-state index contributed by atoms with van der Waals surface area (Å²) in [5.74, 6) is -0.219. The van der Waals surface area contributed by atoms with Crippen LogP contribution < -0.4 is 5.32 Å². The molecule has 0 aromatic heterocycles. The van der Waals surface area contributed by atoms with Gasteiger partial charge in [-0.3, -0.25) is 4.79 Å². The molecule has 26 heavy (non-hydrogen) atoms. The largest absolute Gasteiger partial charge is 0.444 e. The monoisotopic (exact) mass is 380 g/mol. The molecular formula is C20H29ClN2O3. The normalized spacial score (nSPS) is 17.9. The van der Waals surface area contributed by atoms with Gasteiger partial charge >= 0.3 is 6.09 Å². The highest BCUT2D eigenvalue weighted by Gasteiger charge is 2.34. The van der Waals surface area contributed by atoms with Crippen molar-refractivity contribution in [2.45, 2.75) is 52.1 Å². The molecule has 1 aromatic carbocycles. The molecule has 0 spiro atoms. The molecule has 6 heteroatoms. The molecule has 1 unspecified atom stereocenters. The van der Waals surface area contributed by atoms with E-state index in [-0.39, 0.29) is 23.3 Å². The number of amides is 2. The lowest BCUT2D eigenvalue weighted by molar-refractivity contribution is -0.124. The number of likely N-dealkylation sites (tertiary alicyclic amines) is 1. The zero-order chi connectivity index (χ0) is 19.5. The molecule has 0 saturated carbocycles. The zero-order valence-electron chi connectivity index (χ0n) is 16.3. The van der Waals surface area contributed by atoms with E-state index in [1.807, 2.05) is 45.0 Å². The van der Waals surface area contributed by atoms with E-state index in [4.69, 9.17) is 16.3 Å². The highest BCUT2D eigenvalue weighted by Crippen LogP contribution is 2.25. The van der Waals surface area contributed by atoms with Gasteiger partial charge < -0.3 is 15.0 Å².